The van der Waals surface area contributed by atoms with Gasteiger partial charge in [-0.25, -0.2) is 0 Å². The Balaban J connectivity index is 1.69. The third-order valence-electron chi connectivity index (χ3n) is 3.82. The Morgan fingerprint density at radius 2 is 1.89 bits per heavy atom. The second-order valence-electron chi connectivity index (χ2n) is 6.01. The third kappa shape index (κ3) is 5.31. The highest BCUT2D eigenvalue weighted by Gasteiger charge is 2.17. The minimum absolute atomic E-state index is 0.546. The van der Waals surface area contributed by atoms with Crippen LogP contribution in [0, 0.1) is 5.92 Å². The summed E-state index contributed by atoms with van der Waals surface area (Å²) in [7, 11) is 0. The molecule has 0 spiro atoms. The van der Waals surface area contributed by atoms with Gasteiger partial charge in [0.05, 0.1) is 0 Å². The Hall–Kier alpha value is -0.900. The molecule has 1 heterocycles. The van der Waals surface area contributed by atoms with E-state index in [1.165, 1.54) is 32.1 Å². The van der Waals surface area contributed by atoms with Gasteiger partial charge < -0.3 is 9.73 Å². The first-order valence-electron chi connectivity index (χ1n) is 7.78. The van der Waals surface area contributed by atoms with E-state index in [1.807, 2.05) is 0 Å². The fraction of sp³-hybridized carbons (Fsp3) is 0.867. The minimum Gasteiger partial charge on any atom is -0.425 e. The van der Waals surface area contributed by atoms with Crippen LogP contribution in [0.2, 0.25) is 0 Å². The van der Waals surface area contributed by atoms with Crippen LogP contribution in [0.15, 0.2) is 4.42 Å². The number of nitrogens with one attached hydrogen (secondary N) is 1. The zero-order valence-electron chi connectivity index (χ0n) is 12.3. The van der Waals surface area contributed by atoms with Crippen molar-refractivity contribution in [1.29, 1.82) is 0 Å². The van der Waals surface area contributed by atoms with Gasteiger partial charge >= 0.3 is 0 Å². The molecular formula is C15H27N3O. The van der Waals surface area contributed by atoms with Crippen LogP contribution in [0.5, 0.6) is 0 Å². The molecule has 1 fully saturated rings. The normalized spacial score (nSPS) is 17.2. The van der Waals surface area contributed by atoms with Gasteiger partial charge in [0.2, 0.25) is 11.8 Å². The maximum atomic E-state index is 5.74. The lowest BCUT2D eigenvalue weighted by atomic mass is 9.87. The van der Waals surface area contributed by atoms with Crippen LogP contribution in [0.3, 0.4) is 0 Å². The average Bonchev–Trinajstić information content (AvgIpc) is 2.83. The SMILES string of the molecule is CC(C)NCCCc1nnc(CC2CCCCC2)o1. The molecule has 0 aromatic carbocycles. The van der Waals surface area contributed by atoms with Gasteiger partial charge in [-0.1, -0.05) is 33.1 Å². The highest BCUT2D eigenvalue weighted by atomic mass is 16.4. The maximum Gasteiger partial charge on any atom is 0.216 e. The molecular weight excluding hydrogens is 238 g/mol. The van der Waals surface area contributed by atoms with E-state index >= 15 is 0 Å². The van der Waals surface area contributed by atoms with E-state index in [0.717, 1.165) is 43.5 Å². The standard InChI is InChI=1S/C15H27N3O/c1-12(2)16-10-6-9-14-17-18-15(19-14)11-13-7-4-3-5-8-13/h12-13,16H,3-11H2,1-2H3. The summed E-state index contributed by atoms with van der Waals surface area (Å²) in [5.74, 6) is 2.42. The van der Waals surface area contributed by atoms with Crippen molar-refractivity contribution in [3.63, 3.8) is 0 Å². The largest absolute Gasteiger partial charge is 0.425 e. The molecule has 0 atom stereocenters. The lowest BCUT2D eigenvalue weighted by Gasteiger charge is -2.19. The predicted octanol–water partition coefficient (Wildman–Crippen LogP) is 3.12. The molecule has 19 heavy (non-hydrogen) atoms. The summed E-state index contributed by atoms with van der Waals surface area (Å²) in [5.41, 5.74) is 0. The molecule has 0 aliphatic heterocycles. The van der Waals surface area contributed by atoms with Crippen LogP contribution in [0.25, 0.3) is 0 Å². The Labute approximate surface area is 116 Å². The van der Waals surface area contributed by atoms with Crippen molar-refractivity contribution in [2.45, 2.75) is 71.3 Å². The minimum atomic E-state index is 0.546. The van der Waals surface area contributed by atoms with E-state index in [4.69, 9.17) is 4.42 Å². The van der Waals surface area contributed by atoms with Gasteiger partial charge in [-0.2, -0.15) is 0 Å². The summed E-state index contributed by atoms with van der Waals surface area (Å²) in [6.45, 7) is 5.34. The second-order valence-corrected chi connectivity index (χ2v) is 6.01. The second kappa shape index (κ2) is 7.63. The molecule has 0 radical (unpaired) electrons. The summed E-state index contributed by atoms with van der Waals surface area (Å²) >= 11 is 0. The number of nitrogens with zero attached hydrogens (tertiary/aromatic N) is 2. The van der Waals surface area contributed by atoms with Crippen molar-refractivity contribution in [1.82, 2.24) is 15.5 Å². The molecule has 2 rings (SSSR count). The van der Waals surface area contributed by atoms with E-state index < -0.39 is 0 Å². The Morgan fingerprint density at radius 1 is 1.16 bits per heavy atom. The van der Waals surface area contributed by atoms with E-state index in [0.29, 0.717) is 6.04 Å². The Kier molecular flexibility index (Phi) is 5.83. The topological polar surface area (TPSA) is 51.0 Å². The zero-order valence-corrected chi connectivity index (χ0v) is 12.3. The molecule has 0 saturated heterocycles. The monoisotopic (exact) mass is 265 g/mol. The van der Waals surface area contributed by atoms with Gasteiger partial charge in [0.15, 0.2) is 0 Å². The molecule has 108 valence electrons. The molecule has 4 nitrogen and oxygen atoms in total. The average molecular weight is 265 g/mol. The van der Waals surface area contributed by atoms with Crippen molar-refractivity contribution in [2.75, 3.05) is 6.54 Å². The number of aromatic nitrogens is 2. The fourth-order valence-corrected chi connectivity index (χ4v) is 2.74. The molecule has 0 amide bonds. The van der Waals surface area contributed by atoms with Crippen molar-refractivity contribution in [3.8, 4) is 0 Å². The summed E-state index contributed by atoms with van der Waals surface area (Å²) in [6, 6.07) is 0.546. The van der Waals surface area contributed by atoms with Crippen LogP contribution < -0.4 is 5.32 Å². The molecule has 0 bridgehead atoms. The number of rotatable bonds is 7. The van der Waals surface area contributed by atoms with Crippen LogP contribution in [-0.4, -0.2) is 22.8 Å². The lowest BCUT2D eigenvalue weighted by molar-refractivity contribution is 0.323. The Bertz CT molecular complexity index is 356. The van der Waals surface area contributed by atoms with Crippen LogP contribution in [0.1, 0.15) is 64.2 Å². The first-order valence-corrected chi connectivity index (χ1v) is 7.78. The van der Waals surface area contributed by atoms with Gasteiger partial charge in [-0.3, -0.25) is 0 Å². The molecule has 4 heteroatoms. The van der Waals surface area contributed by atoms with Gasteiger partial charge in [0.1, 0.15) is 0 Å². The smallest absolute Gasteiger partial charge is 0.216 e. The van der Waals surface area contributed by atoms with E-state index in [1.54, 1.807) is 0 Å². The van der Waals surface area contributed by atoms with Crippen molar-refractivity contribution < 1.29 is 4.42 Å². The first kappa shape index (κ1) is 14.5. The van der Waals surface area contributed by atoms with E-state index in [2.05, 4.69) is 29.4 Å². The molecule has 1 aliphatic carbocycles. The number of hydrogen-bond acceptors (Lipinski definition) is 4. The zero-order chi connectivity index (χ0) is 13.5. The summed E-state index contributed by atoms with van der Waals surface area (Å²) in [4.78, 5) is 0. The highest BCUT2D eigenvalue weighted by Crippen LogP contribution is 2.26. The van der Waals surface area contributed by atoms with Crippen LogP contribution in [0.4, 0.5) is 0 Å². The third-order valence-corrected chi connectivity index (χ3v) is 3.82. The van der Waals surface area contributed by atoms with Crippen molar-refractivity contribution in [3.05, 3.63) is 11.8 Å². The van der Waals surface area contributed by atoms with Crippen molar-refractivity contribution >= 4 is 0 Å². The Morgan fingerprint density at radius 3 is 2.63 bits per heavy atom. The van der Waals surface area contributed by atoms with E-state index in [-0.39, 0.29) is 0 Å². The molecule has 1 saturated carbocycles. The highest BCUT2D eigenvalue weighted by molar-refractivity contribution is 4.85. The molecule has 1 aliphatic rings. The van der Waals surface area contributed by atoms with Crippen LogP contribution in [-0.2, 0) is 12.8 Å². The number of hydrogen-bond donors (Lipinski definition) is 1. The van der Waals surface area contributed by atoms with Gasteiger partial charge in [0, 0.05) is 18.9 Å². The summed E-state index contributed by atoms with van der Waals surface area (Å²) in [5, 5.41) is 11.7. The fourth-order valence-electron chi connectivity index (χ4n) is 2.74. The van der Waals surface area contributed by atoms with Gasteiger partial charge in [-0.05, 0) is 31.7 Å². The maximum absolute atomic E-state index is 5.74. The summed E-state index contributed by atoms with van der Waals surface area (Å²) < 4.78 is 5.74. The molecule has 1 aromatic heterocycles. The van der Waals surface area contributed by atoms with Gasteiger partial charge in [0.25, 0.3) is 0 Å². The first-order chi connectivity index (χ1) is 9.24. The number of aryl methyl sites for hydroxylation is 1. The predicted molar refractivity (Wildman–Crippen MR) is 76.0 cm³/mol. The molecule has 1 N–H and O–H groups in total. The van der Waals surface area contributed by atoms with E-state index in [9.17, 15) is 0 Å². The quantitative estimate of drug-likeness (QED) is 0.770. The van der Waals surface area contributed by atoms with Crippen LogP contribution >= 0.6 is 0 Å². The molecule has 1 aromatic rings. The van der Waals surface area contributed by atoms with Gasteiger partial charge in [-0.15, -0.1) is 10.2 Å². The van der Waals surface area contributed by atoms with Crippen molar-refractivity contribution in [2.24, 2.45) is 5.92 Å². The molecule has 0 unspecified atom stereocenters. The summed E-state index contributed by atoms with van der Waals surface area (Å²) in [6.07, 6.45) is 9.72. The lowest BCUT2D eigenvalue weighted by Crippen LogP contribution is -2.23.